The number of hydrogen-bond donors (Lipinski definition) is 2. The van der Waals surface area contributed by atoms with Gasteiger partial charge in [-0.15, -0.1) is 0 Å². The molecule has 1 atom stereocenters. The van der Waals surface area contributed by atoms with E-state index >= 15 is 0 Å². The molecular weight excluding hydrogens is 340 g/mol. The van der Waals surface area contributed by atoms with E-state index in [0.717, 1.165) is 24.0 Å². The number of hydrogen-bond acceptors (Lipinski definition) is 4. The molecule has 1 unspecified atom stereocenters. The molecule has 0 bridgehead atoms. The lowest BCUT2D eigenvalue weighted by molar-refractivity contribution is -0.123. The Labute approximate surface area is 150 Å². The molecule has 1 aliphatic heterocycles. The van der Waals surface area contributed by atoms with Gasteiger partial charge in [-0.25, -0.2) is 4.98 Å². The Morgan fingerprint density at radius 1 is 1.20 bits per heavy atom. The summed E-state index contributed by atoms with van der Waals surface area (Å²) in [6, 6.07) is 8.94. The second-order valence-electron chi connectivity index (χ2n) is 6.16. The van der Waals surface area contributed by atoms with E-state index in [4.69, 9.17) is 23.1 Å². The number of carbonyl (C=O) groups excluding carboxylic acids is 2. The number of nitrogens with zero attached hydrogens (tertiary/aromatic N) is 2. The highest BCUT2D eigenvalue weighted by Crippen LogP contribution is 2.26. The van der Waals surface area contributed by atoms with Crippen LogP contribution in [0, 0.1) is 5.92 Å². The molecule has 0 radical (unpaired) electrons. The third kappa shape index (κ3) is 3.74. The maximum Gasteiger partial charge on any atom is 0.253 e. The van der Waals surface area contributed by atoms with Gasteiger partial charge in [0.05, 0.1) is 10.9 Å². The number of halogens is 1. The van der Waals surface area contributed by atoms with E-state index in [0.29, 0.717) is 23.7 Å². The molecule has 6 nitrogen and oxygen atoms in total. The highest BCUT2D eigenvalue weighted by Gasteiger charge is 2.27. The molecule has 2 amide bonds. The van der Waals surface area contributed by atoms with Crippen molar-refractivity contribution in [1.29, 1.82) is 0 Å². The molecule has 0 spiro atoms. The van der Waals surface area contributed by atoms with Crippen molar-refractivity contribution in [3.05, 3.63) is 47.1 Å². The van der Waals surface area contributed by atoms with Crippen molar-refractivity contribution < 1.29 is 9.59 Å². The summed E-state index contributed by atoms with van der Waals surface area (Å²) in [5.74, 6) is -0.419. The Morgan fingerprint density at radius 3 is 2.56 bits per heavy atom. The second kappa shape index (κ2) is 7.11. The van der Waals surface area contributed by atoms with E-state index in [2.05, 4.69) is 4.98 Å². The van der Waals surface area contributed by atoms with Gasteiger partial charge in [-0.1, -0.05) is 23.7 Å². The fourth-order valence-corrected chi connectivity index (χ4v) is 3.15. The maximum absolute atomic E-state index is 12.6. The van der Waals surface area contributed by atoms with Crippen LogP contribution in [0.5, 0.6) is 0 Å². The van der Waals surface area contributed by atoms with E-state index in [-0.39, 0.29) is 23.6 Å². The van der Waals surface area contributed by atoms with Crippen molar-refractivity contribution in [3.8, 4) is 11.1 Å². The van der Waals surface area contributed by atoms with Gasteiger partial charge in [0.2, 0.25) is 5.91 Å². The quantitative estimate of drug-likeness (QED) is 0.878. The van der Waals surface area contributed by atoms with Crippen molar-refractivity contribution >= 4 is 29.2 Å². The molecule has 25 heavy (non-hydrogen) atoms. The molecule has 1 saturated heterocycles. The number of carbonyl (C=O) groups is 2. The second-order valence-corrected chi connectivity index (χ2v) is 6.57. The molecule has 1 fully saturated rings. The Bertz CT molecular complexity index is 807. The summed E-state index contributed by atoms with van der Waals surface area (Å²) in [6.45, 7) is 1.02. The highest BCUT2D eigenvalue weighted by atomic mass is 35.5. The van der Waals surface area contributed by atoms with Crippen LogP contribution in [0.3, 0.4) is 0 Å². The summed E-state index contributed by atoms with van der Waals surface area (Å²) in [5.41, 5.74) is 13.3. The first-order valence-electron chi connectivity index (χ1n) is 8.06. The normalized spacial score (nSPS) is 17.3. The minimum absolute atomic E-state index is 0.0917. The summed E-state index contributed by atoms with van der Waals surface area (Å²) in [4.78, 5) is 29.7. The lowest BCUT2D eigenvalue weighted by Crippen LogP contribution is -2.44. The van der Waals surface area contributed by atoms with Crippen molar-refractivity contribution in [2.75, 3.05) is 18.8 Å². The number of primary amides is 1. The van der Waals surface area contributed by atoms with Crippen molar-refractivity contribution in [3.63, 3.8) is 0 Å². The fraction of sp³-hybridized carbons (Fsp3) is 0.278. The maximum atomic E-state index is 12.6. The van der Waals surface area contributed by atoms with Gasteiger partial charge in [0.25, 0.3) is 5.91 Å². The molecule has 2 heterocycles. The van der Waals surface area contributed by atoms with Crippen LogP contribution in [-0.4, -0.2) is 34.8 Å². The zero-order valence-corrected chi connectivity index (χ0v) is 14.4. The zero-order chi connectivity index (χ0) is 18.0. The van der Waals surface area contributed by atoms with Gasteiger partial charge in [-0.05, 0) is 36.6 Å². The number of likely N-dealkylation sites (tertiary alicyclic amines) is 1. The van der Waals surface area contributed by atoms with Crippen molar-refractivity contribution in [1.82, 2.24) is 9.88 Å². The molecule has 2 aromatic rings. The number of benzene rings is 1. The first-order valence-corrected chi connectivity index (χ1v) is 8.43. The Balaban J connectivity index is 1.76. The van der Waals surface area contributed by atoms with Gasteiger partial charge in [-0.3, -0.25) is 9.59 Å². The van der Waals surface area contributed by atoms with Crippen LogP contribution in [-0.2, 0) is 4.79 Å². The first-order chi connectivity index (χ1) is 12.0. The van der Waals surface area contributed by atoms with E-state index < -0.39 is 0 Å². The number of nitrogen functional groups attached to an aromatic ring is 1. The van der Waals surface area contributed by atoms with Gasteiger partial charge in [-0.2, -0.15) is 0 Å². The molecule has 7 heteroatoms. The number of pyridine rings is 1. The van der Waals surface area contributed by atoms with Crippen molar-refractivity contribution in [2.24, 2.45) is 11.7 Å². The average molecular weight is 359 g/mol. The monoisotopic (exact) mass is 358 g/mol. The predicted octanol–water partition coefficient (Wildman–Crippen LogP) is 2.32. The fourth-order valence-electron chi connectivity index (χ4n) is 2.99. The smallest absolute Gasteiger partial charge is 0.253 e. The van der Waals surface area contributed by atoms with Crippen LogP contribution in [0.25, 0.3) is 11.1 Å². The number of rotatable bonds is 3. The molecular formula is C18H19ClN4O2. The molecule has 0 aliphatic carbocycles. The van der Waals surface area contributed by atoms with E-state index in [1.807, 2.05) is 12.1 Å². The Morgan fingerprint density at radius 2 is 1.92 bits per heavy atom. The zero-order valence-electron chi connectivity index (χ0n) is 13.6. The largest absolute Gasteiger partial charge is 0.382 e. The first kappa shape index (κ1) is 17.2. The summed E-state index contributed by atoms with van der Waals surface area (Å²) in [6.07, 6.45) is 3.16. The number of nitrogens with two attached hydrogens (primary N) is 2. The predicted molar refractivity (Wildman–Crippen MR) is 96.9 cm³/mol. The topological polar surface area (TPSA) is 102 Å². The highest BCUT2D eigenvalue weighted by molar-refractivity contribution is 6.33. The Kier molecular flexibility index (Phi) is 4.90. The molecule has 1 aromatic carbocycles. The SMILES string of the molecule is NC(=O)C1CCCN(C(=O)c2ccc(-c3cnc(N)c(Cl)c3)cc2)C1. The van der Waals surface area contributed by atoms with E-state index in [9.17, 15) is 9.59 Å². The van der Waals surface area contributed by atoms with Crippen LogP contribution in [0.4, 0.5) is 5.82 Å². The van der Waals surface area contributed by atoms with Crippen LogP contribution < -0.4 is 11.5 Å². The standard InChI is InChI=1S/C18H19ClN4O2/c19-15-8-14(9-22-16(15)20)11-3-5-12(6-4-11)18(25)23-7-1-2-13(10-23)17(21)24/h3-6,8-9,13H,1-2,7,10H2,(H2,20,22)(H2,21,24). The van der Waals surface area contributed by atoms with Gasteiger partial charge < -0.3 is 16.4 Å². The van der Waals surface area contributed by atoms with Crippen molar-refractivity contribution in [2.45, 2.75) is 12.8 Å². The van der Waals surface area contributed by atoms with Gasteiger partial charge in [0.1, 0.15) is 5.82 Å². The third-order valence-corrected chi connectivity index (χ3v) is 4.75. The van der Waals surface area contributed by atoms with Crippen LogP contribution in [0.2, 0.25) is 5.02 Å². The van der Waals surface area contributed by atoms with Gasteiger partial charge in [0, 0.05) is 30.4 Å². The van der Waals surface area contributed by atoms with E-state index in [1.165, 1.54) is 0 Å². The number of anilines is 1. The number of amides is 2. The summed E-state index contributed by atoms with van der Waals surface area (Å²) in [7, 11) is 0. The number of aromatic nitrogens is 1. The van der Waals surface area contributed by atoms with Crippen LogP contribution in [0.1, 0.15) is 23.2 Å². The van der Waals surface area contributed by atoms with Gasteiger partial charge in [0.15, 0.2) is 0 Å². The summed E-state index contributed by atoms with van der Waals surface area (Å²) >= 11 is 6.00. The molecule has 1 aromatic heterocycles. The summed E-state index contributed by atoms with van der Waals surface area (Å²) in [5, 5.41) is 0.392. The lowest BCUT2D eigenvalue weighted by atomic mass is 9.96. The minimum Gasteiger partial charge on any atom is -0.382 e. The molecule has 1 aliphatic rings. The summed E-state index contributed by atoms with van der Waals surface area (Å²) < 4.78 is 0. The third-order valence-electron chi connectivity index (χ3n) is 4.45. The lowest BCUT2D eigenvalue weighted by Gasteiger charge is -2.31. The van der Waals surface area contributed by atoms with Gasteiger partial charge >= 0.3 is 0 Å². The van der Waals surface area contributed by atoms with Crippen LogP contribution >= 0.6 is 11.6 Å². The van der Waals surface area contributed by atoms with Crippen LogP contribution in [0.15, 0.2) is 36.5 Å². The molecule has 4 N–H and O–H groups in total. The minimum atomic E-state index is -0.347. The molecule has 0 saturated carbocycles. The molecule has 130 valence electrons. The van der Waals surface area contributed by atoms with E-state index in [1.54, 1.807) is 29.3 Å². The Hall–Kier alpha value is -2.60. The molecule has 3 rings (SSSR count). The number of piperidine rings is 1. The average Bonchev–Trinajstić information content (AvgIpc) is 2.63.